The first-order chi connectivity index (χ1) is 10.0. The second-order valence-electron chi connectivity index (χ2n) is 4.95. The summed E-state index contributed by atoms with van der Waals surface area (Å²) in [6, 6.07) is 0. The largest absolute Gasteiger partial charge is 0.358 e. The zero-order valence-corrected chi connectivity index (χ0v) is 13.0. The Morgan fingerprint density at radius 3 is 2.57 bits per heavy atom. The minimum Gasteiger partial charge on any atom is -0.358 e. The number of hydrogen-bond donors (Lipinski definition) is 3. The topological polar surface area (TPSA) is 87.3 Å². The first-order valence-corrected chi connectivity index (χ1v) is 7.75. The maximum absolute atomic E-state index is 12.4. The summed E-state index contributed by atoms with van der Waals surface area (Å²) in [4.78, 5) is 36.1. The monoisotopic (exact) mass is 309 g/mol. The Hall–Kier alpha value is -1.89. The number of carbonyl (C=O) groups excluding carboxylic acids is 3. The third-order valence-electron chi connectivity index (χ3n) is 3.38. The van der Waals surface area contributed by atoms with Crippen molar-refractivity contribution in [3.8, 4) is 0 Å². The van der Waals surface area contributed by atoms with Crippen LogP contribution >= 0.6 is 11.3 Å². The summed E-state index contributed by atoms with van der Waals surface area (Å²) in [5.74, 6) is -0.760. The normalized spacial score (nSPS) is 13.2. The Morgan fingerprint density at radius 1 is 1.19 bits per heavy atom. The third kappa shape index (κ3) is 3.60. The number of hydrogen-bond acceptors (Lipinski definition) is 4. The highest BCUT2D eigenvalue weighted by Gasteiger charge is 2.25. The SMILES string of the molecule is CNC(=O)CNC(=O)c1c(NC(C)=O)sc2c1CCCC2. The summed E-state index contributed by atoms with van der Waals surface area (Å²) in [5, 5.41) is 8.38. The van der Waals surface area contributed by atoms with E-state index >= 15 is 0 Å². The van der Waals surface area contributed by atoms with Crippen LogP contribution in [0.3, 0.4) is 0 Å². The second kappa shape index (κ2) is 6.71. The highest BCUT2D eigenvalue weighted by molar-refractivity contribution is 7.17. The summed E-state index contributed by atoms with van der Waals surface area (Å²) in [6.07, 6.45) is 3.93. The number of thiophene rings is 1. The Labute approximate surface area is 127 Å². The maximum atomic E-state index is 12.4. The van der Waals surface area contributed by atoms with Crippen molar-refractivity contribution in [1.29, 1.82) is 0 Å². The van der Waals surface area contributed by atoms with Gasteiger partial charge in [-0.3, -0.25) is 14.4 Å². The predicted molar refractivity (Wildman–Crippen MR) is 81.7 cm³/mol. The van der Waals surface area contributed by atoms with Crippen molar-refractivity contribution in [1.82, 2.24) is 10.6 Å². The lowest BCUT2D eigenvalue weighted by molar-refractivity contribution is -0.119. The van der Waals surface area contributed by atoms with Crippen molar-refractivity contribution >= 4 is 34.1 Å². The number of carbonyl (C=O) groups is 3. The van der Waals surface area contributed by atoms with E-state index in [1.54, 1.807) is 0 Å². The molecule has 21 heavy (non-hydrogen) atoms. The molecular formula is C14H19N3O3S. The van der Waals surface area contributed by atoms with Gasteiger partial charge in [-0.25, -0.2) is 0 Å². The molecule has 0 saturated carbocycles. The van der Waals surface area contributed by atoms with E-state index in [1.807, 2.05) is 0 Å². The fraction of sp³-hybridized carbons (Fsp3) is 0.500. The van der Waals surface area contributed by atoms with Gasteiger partial charge >= 0.3 is 0 Å². The van der Waals surface area contributed by atoms with E-state index in [0.29, 0.717) is 10.6 Å². The highest BCUT2D eigenvalue weighted by Crippen LogP contribution is 2.38. The van der Waals surface area contributed by atoms with Crippen LogP contribution in [0.1, 0.15) is 40.6 Å². The van der Waals surface area contributed by atoms with E-state index in [9.17, 15) is 14.4 Å². The van der Waals surface area contributed by atoms with Gasteiger partial charge in [-0.05, 0) is 31.2 Å². The van der Waals surface area contributed by atoms with Crippen LogP contribution in [-0.4, -0.2) is 31.3 Å². The number of nitrogens with one attached hydrogen (secondary N) is 3. The standard InChI is InChI=1S/C14H19N3O3S/c1-8(18)17-14-12(13(20)16-7-11(19)15-2)9-5-3-4-6-10(9)21-14/h3-7H2,1-2H3,(H,15,19)(H,16,20)(H,17,18). The quantitative estimate of drug-likeness (QED) is 0.777. The number of aryl methyl sites for hydroxylation is 1. The summed E-state index contributed by atoms with van der Waals surface area (Å²) < 4.78 is 0. The molecule has 0 aliphatic heterocycles. The van der Waals surface area contributed by atoms with Crippen LogP contribution in [0.5, 0.6) is 0 Å². The highest BCUT2D eigenvalue weighted by atomic mass is 32.1. The summed E-state index contributed by atoms with van der Waals surface area (Å²) in [6.45, 7) is 1.35. The van der Waals surface area contributed by atoms with Gasteiger partial charge in [0, 0.05) is 18.8 Å². The molecule has 0 atom stereocenters. The first kappa shape index (κ1) is 15.5. The molecule has 1 aromatic heterocycles. The van der Waals surface area contributed by atoms with Gasteiger partial charge in [0.15, 0.2) is 0 Å². The molecule has 1 heterocycles. The van der Waals surface area contributed by atoms with E-state index in [4.69, 9.17) is 0 Å². The van der Waals surface area contributed by atoms with Crippen LogP contribution < -0.4 is 16.0 Å². The van der Waals surface area contributed by atoms with E-state index < -0.39 is 0 Å². The first-order valence-electron chi connectivity index (χ1n) is 6.93. The van der Waals surface area contributed by atoms with Crippen LogP contribution in [-0.2, 0) is 22.4 Å². The molecule has 0 aromatic carbocycles. The maximum Gasteiger partial charge on any atom is 0.255 e. The molecule has 3 N–H and O–H groups in total. The predicted octanol–water partition coefficient (Wildman–Crippen LogP) is 1.06. The molecule has 6 nitrogen and oxygen atoms in total. The Balaban J connectivity index is 2.26. The molecule has 2 rings (SSSR count). The second-order valence-corrected chi connectivity index (χ2v) is 6.06. The van der Waals surface area contributed by atoms with Crippen molar-refractivity contribution in [2.75, 3.05) is 18.9 Å². The van der Waals surface area contributed by atoms with Gasteiger partial charge in [-0.2, -0.15) is 0 Å². The van der Waals surface area contributed by atoms with E-state index in [0.717, 1.165) is 36.1 Å². The van der Waals surface area contributed by atoms with Gasteiger partial charge in [0.2, 0.25) is 11.8 Å². The molecule has 7 heteroatoms. The zero-order chi connectivity index (χ0) is 15.4. The summed E-state index contributed by atoms with van der Waals surface area (Å²) in [5.41, 5.74) is 1.54. The average molecular weight is 309 g/mol. The number of rotatable bonds is 4. The lowest BCUT2D eigenvalue weighted by Crippen LogP contribution is -2.35. The van der Waals surface area contributed by atoms with Crippen LogP contribution in [0.4, 0.5) is 5.00 Å². The smallest absolute Gasteiger partial charge is 0.255 e. The number of amides is 3. The molecule has 3 amide bonds. The molecule has 0 radical (unpaired) electrons. The summed E-state index contributed by atoms with van der Waals surface area (Å²) in [7, 11) is 1.52. The van der Waals surface area contributed by atoms with Crippen LogP contribution in [0.25, 0.3) is 0 Å². The van der Waals surface area contributed by atoms with Gasteiger partial charge in [0.05, 0.1) is 12.1 Å². The molecule has 1 aliphatic carbocycles. The van der Waals surface area contributed by atoms with Crippen LogP contribution in [0, 0.1) is 0 Å². The van der Waals surface area contributed by atoms with Crippen molar-refractivity contribution in [2.45, 2.75) is 32.6 Å². The minimum atomic E-state index is -0.304. The number of fused-ring (bicyclic) bond motifs is 1. The van der Waals surface area contributed by atoms with Crippen molar-refractivity contribution in [2.24, 2.45) is 0 Å². The van der Waals surface area contributed by atoms with Crippen LogP contribution in [0.15, 0.2) is 0 Å². The summed E-state index contributed by atoms with van der Waals surface area (Å²) >= 11 is 1.47. The Kier molecular flexibility index (Phi) is 4.95. The average Bonchev–Trinajstić information content (AvgIpc) is 2.81. The molecule has 0 bridgehead atoms. The van der Waals surface area contributed by atoms with E-state index in [1.165, 1.54) is 25.3 Å². The van der Waals surface area contributed by atoms with Crippen molar-refractivity contribution < 1.29 is 14.4 Å². The molecule has 0 fully saturated rings. The number of likely N-dealkylation sites (N-methyl/N-ethyl adjacent to an activating group) is 1. The zero-order valence-electron chi connectivity index (χ0n) is 12.2. The Morgan fingerprint density at radius 2 is 1.90 bits per heavy atom. The van der Waals surface area contributed by atoms with Gasteiger partial charge in [-0.1, -0.05) is 0 Å². The van der Waals surface area contributed by atoms with Gasteiger partial charge in [0.25, 0.3) is 5.91 Å². The van der Waals surface area contributed by atoms with Crippen molar-refractivity contribution in [3.63, 3.8) is 0 Å². The van der Waals surface area contributed by atoms with Crippen LogP contribution in [0.2, 0.25) is 0 Å². The number of anilines is 1. The Bertz CT molecular complexity index is 580. The molecule has 0 unspecified atom stereocenters. The molecule has 0 spiro atoms. The lowest BCUT2D eigenvalue weighted by Gasteiger charge is -2.13. The minimum absolute atomic E-state index is 0.0700. The van der Waals surface area contributed by atoms with E-state index in [2.05, 4.69) is 16.0 Å². The molecule has 1 aromatic rings. The molecule has 114 valence electrons. The van der Waals surface area contributed by atoms with Gasteiger partial charge in [0.1, 0.15) is 5.00 Å². The van der Waals surface area contributed by atoms with Gasteiger partial charge in [-0.15, -0.1) is 11.3 Å². The fourth-order valence-electron chi connectivity index (χ4n) is 2.39. The lowest BCUT2D eigenvalue weighted by atomic mass is 9.95. The molecule has 0 saturated heterocycles. The van der Waals surface area contributed by atoms with Crippen molar-refractivity contribution in [3.05, 3.63) is 16.0 Å². The third-order valence-corrected chi connectivity index (χ3v) is 4.58. The van der Waals surface area contributed by atoms with Gasteiger partial charge < -0.3 is 16.0 Å². The molecule has 1 aliphatic rings. The molecular weight excluding hydrogens is 290 g/mol. The van der Waals surface area contributed by atoms with E-state index in [-0.39, 0.29) is 24.3 Å². The fourth-order valence-corrected chi connectivity index (χ4v) is 3.72.